The van der Waals surface area contributed by atoms with Gasteiger partial charge in [-0.1, -0.05) is 6.92 Å². The molecule has 0 bridgehead atoms. The van der Waals surface area contributed by atoms with E-state index in [1.165, 1.54) is 0 Å². The molecule has 26 heavy (non-hydrogen) atoms. The van der Waals surface area contributed by atoms with E-state index in [9.17, 15) is 13.5 Å². The number of aromatic nitrogens is 2. The van der Waals surface area contributed by atoms with Crippen LogP contribution in [0.15, 0.2) is 11.4 Å². The van der Waals surface area contributed by atoms with Crippen LogP contribution in [0.4, 0.5) is 0 Å². The fourth-order valence-electron chi connectivity index (χ4n) is 3.87. The van der Waals surface area contributed by atoms with Gasteiger partial charge in [-0.25, -0.2) is 13.4 Å². The van der Waals surface area contributed by atoms with Gasteiger partial charge in [0.2, 0.25) is 15.0 Å². The zero-order chi connectivity index (χ0) is 18.6. The molecule has 2 fully saturated rings. The lowest BCUT2D eigenvalue weighted by Gasteiger charge is -2.31. The number of sulfone groups is 1. The van der Waals surface area contributed by atoms with Crippen LogP contribution in [0.2, 0.25) is 0 Å². The Balaban J connectivity index is 1.78. The highest BCUT2D eigenvalue weighted by Gasteiger charge is 2.27. The first kappa shape index (κ1) is 19.8. The van der Waals surface area contributed by atoms with Crippen molar-refractivity contribution < 1.29 is 18.3 Å². The van der Waals surface area contributed by atoms with Crippen LogP contribution < -0.4 is 0 Å². The SMILES string of the molecule is CCCS(=O)(=O)c1ncc(CN2CCC(CO)CC2)n1C[C@@H]1CCCO1. The number of hydrogen-bond donors (Lipinski definition) is 1. The monoisotopic (exact) mass is 385 g/mol. The van der Waals surface area contributed by atoms with Gasteiger partial charge in [0.25, 0.3) is 0 Å². The maximum Gasteiger partial charge on any atom is 0.227 e. The van der Waals surface area contributed by atoms with Gasteiger partial charge in [0.15, 0.2) is 0 Å². The van der Waals surface area contributed by atoms with Crippen molar-refractivity contribution in [3.05, 3.63) is 11.9 Å². The summed E-state index contributed by atoms with van der Waals surface area (Å²) < 4.78 is 32.9. The van der Waals surface area contributed by atoms with Crippen molar-refractivity contribution in [2.75, 3.05) is 32.1 Å². The van der Waals surface area contributed by atoms with Crippen LogP contribution in [-0.2, 0) is 27.7 Å². The molecule has 0 amide bonds. The van der Waals surface area contributed by atoms with E-state index in [2.05, 4.69) is 9.88 Å². The Kier molecular flexibility index (Phi) is 6.71. The van der Waals surface area contributed by atoms with Crippen molar-refractivity contribution in [2.45, 2.75) is 63.4 Å². The quantitative estimate of drug-likeness (QED) is 0.729. The normalized spacial score (nSPS) is 22.9. The molecule has 1 atom stereocenters. The van der Waals surface area contributed by atoms with E-state index >= 15 is 0 Å². The number of aliphatic hydroxyl groups excluding tert-OH is 1. The van der Waals surface area contributed by atoms with E-state index in [4.69, 9.17) is 4.74 Å². The summed E-state index contributed by atoms with van der Waals surface area (Å²) >= 11 is 0. The predicted molar refractivity (Wildman–Crippen MR) is 98.6 cm³/mol. The largest absolute Gasteiger partial charge is 0.396 e. The van der Waals surface area contributed by atoms with Gasteiger partial charge in [0, 0.05) is 19.8 Å². The van der Waals surface area contributed by atoms with E-state index in [0.29, 0.717) is 25.4 Å². The fourth-order valence-corrected chi connectivity index (χ4v) is 5.33. The highest BCUT2D eigenvalue weighted by atomic mass is 32.2. The predicted octanol–water partition coefficient (Wildman–Crippen LogP) is 1.45. The molecule has 2 saturated heterocycles. The summed E-state index contributed by atoms with van der Waals surface area (Å²) in [6.45, 7) is 5.97. The lowest BCUT2D eigenvalue weighted by molar-refractivity contribution is 0.0916. The second-order valence-corrected chi connectivity index (χ2v) is 9.50. The molecule has 0 radical (unpaired) electrons. The van der Waals surface area contributed by atoms with Gasteiger partial charge in [0.1, 0.15) is 0 Å². The maximum atomic E-state index is 12.6. The third-order valence-electron chi connectivity index (χ3n) is 5.41. The smallest absolute Gasteiger partial charge is 0.227 e. The molecule has 0 saturated carbocycles. The van der Waals surface area contributed by atoms with Gasteiger partial charge in [-0.15, -0.1) is 0 Å². The summed E-state index contributed by atoms with van der Waals surface area (Å²) in [7, 11) is -3.37. The van der Waals surface area contributed by atoms with Crippen LogP contribution in [0.3, 0.4) is 0 Å². The summed E-state index contributed by atoms with van der Waals surface area (Å²) in [5, 5.41) is 9.49. The molecule has 1 N–H and O–H groups in total. The van der Waals surface area contributed by atoms with Crippen molar-refractivity contribution in [2.24, 2.45) is 5.92 Å². The highest BCUT2D eigenvalue weighted by Crippen LogP contribution is 2.23. The minimum absolute atomic E-state index is 0.0682. The molecule has 148 valence electrons. The average Bonchev–Trinajstić information content (AvgIpc) is 3.27. The molecule has 1 aromatic rings. The minimum Gasteiger partial charge on any atom is -0.396 e. The number of hydrogen-bond acceptors (Lipinski definition) is 6. The topological polar surface area (TPSA) is 84.7 Å². The van der Waals surface area contributed by atoms with E-state index in [-0.39, 0.29) is 23.6 Å². The summed E-state index contributed by atoms with van der Waals surface area (Å²) in [4.78, 5) is 6.62. The minimum atomic E-state index is -3.37. The van der Waals surface area contributed by atoms with Gasteiger partial charge in [-0.3, -0.25) is 4.90 Å². The first-order chi connectivity index (χ1) is 12.5. The third kappa shape index (κ3) is 4.65. The van der Waals surface area contributed by atoms with Crippen LogP contribution in [0.25, 0.3) is 0 Å². The zero-order valence-corrected chi connectivity index (χ0v) is 16.5. The van der Waals surface area contributed by atoms with Gasteiger partial charge < -0.3 is 14.4 Å². The number of nitrogens with zero attached hydrogens (tertiary/aromatic N) is 3. The molecule has 2 aliphatic rings. The number of rotatable bonds is 8. The molecule has 0 aliphatic carbocycles. The van der Waals surface area contributed by atoms with E-state index in [1.807, 2.05) is 11.5 Å². The van der Waals surface area contributed by atoms with Crippen molar-refractivity contribution >= 4 is 9.84 Å². The molecule has 3 rings (SSSR count). The third-order valence-corrected chi connectivity index (χ3v) is 7.24. The zero-order valence-electron chi connectivity index (χ0n) is 15.6. The van der Waals surface area contributed by atoms with Gasteiger partial charge >= 0.3 is 0 Å². The summed E-state index contributed by atoms with van der Waals surface area (Å²) in [5.41, 5.74) is 0.942. The van der Waals surface area contributed by atoms with Crippen molar-refractivity contribution in [3.63, 3.8) is 0 Å². The van der Waals surface area contributed by atoms with E-state index < -0.39 is 9.84 Å². The van der Waals surface area contributed by atoms with Crippen LogP contribution in [0.5, 0.6) is 0 Å². The van der Waals surface area contributed by atoms with Crippen LogP contribution in [0, 0.1) is 5.92 Å². The second-order valence-electron chi connectivity index (χ2n) is 7.50. The molecule has 3 heterocycles. The van der Waals surface area contributed by atoms with Crippen molar-refractivity contribution in [3.8, 4) is 0 Å². The van der Waals surface area contributed by atoms with E-state index in [0.717, 1.165) is 51.1 Å². The standard InChI is InChI=1S/C18H31N3O4S/c1-2-10-26(23,24)18-19-11-16(21(18)13-17-4-3-9-25-17)12-20-7-5-15(14-22)6-8-20/h11,15,17,22H,2-10,12-14H2,1H3/t17-/m0/s1. The number of likely N-dealkylation sites (tertiary alicyclic amines) is 1. The highest BCUT2D eigenvalue weighted by molar-refractivity contribution is 7.91. The van der Waals surface area contributed by atoms with Gasteiger partial charge in [-0.05, 0) is 51.1 Å². The molecule has 8 heteroatoms. The Morgan fingerprint density at radius 2 is 2.08 bits per heavy atom. The Morgan fingerprint density at radius 3 is 2.69 bits per heavy atom. The molecule has 7 nitrogen and oxygen atoms in total. The van der Waals surface area contributed by atoms with E-state index in [1.54, 1.807) is 6.20 Å². The number of aliphatic hydroxyl groups is 1. The summed E-state index contributed by atoms with van der Waals surface area (Å²) in [6.07, 6.45) is 6.33. The molecule has 0 aromatic carbocycles. The Morgan fingerprint density at radius 1 is 1.31 bits per heavy atom. The molecule has 0 spiro atoms. The lowest BCUT2D eigenvalue weighted by Crippen LogP contribution is -2.35. The Bertz CT molecular complexity index is 675. The molecule has 2 aliphatic heterocycles. The van der Waals surface area contributed by atoms with Crippen LogP contribution in [-0.4, -0.2) is 66.1 Å². The van der Waals surface area contributed by atoms with Gasteiger partial charge in [-0.2, -0.15) is 0 Å². The maximum absolute atomic E-state index is 12.6. The number of imidazole rings is 1. The number of ether oxygens (including phenoxy) is 1. The second kappa shape index (κ2) is 8.82. The van der Waals surface area contributed by atoms with Crippen molar-refractivity contribution in [1.82, 2.24) is 14.5 Å². The molecular formula is C18H31N3O4S. The Labute approximate surface area is 156 Å². The van der Waals surface area contributed by atoms with Crippen LogP contribution in [0.1, 0.15) is 44.7 Å². The summed E-state index contributed by atoms with van der Waals surface area (Å²) in [6, 6.07) is 0. The van der Waals surface area contributed by atoms with Crippen molar-refractivity contribution in [1.29, 1.82) is 0 Å². The Hall–Kier alpha value is -0.960. The lowest BCUT2D eigenvalue weighted by atomic mass is 9.98. The molecular weight excluding hydrogens is 354 g/mol. The van der Waals surface area contributed by atoms with Gasteiger partial charge in [0.05, 0.1) is 30.3 Å². The first-order valence-corrected chi connectivity index (χ1v) is 11.4. The fraction of sp³-hybridized carbons (Fsp3) is 0.833. The molecule has 0 unspecified atom stereocenters. The first-order valence-electron chi connectivity index (χ1n) is 9.75. The summed E-state index contributed by atoms with van der Waals surface area (Å²) in [5.74, 6) is 0.514. The number of piperidine rings is 1. The average molecular weight is 386 g/mol. The molecule has 1 aromatic heterocycles. The van der Waals surface area contributed by atoms with Crippen LogP contribution >= 0.6 is 0 Å².